The summed E-state index contributed by atoms with van der Waals surface area (Å²) in [5.74, 6) is 0.0122. The summed E-state index contributed by atoms with van der Waals surface area (Å²) in [7, 11) is 0. The Kier molecular flexibility index (Phi) is 3.39. The van der Waals surface area contributed by atoms with E-state index >= 15 is 0 Å². The molecule has 3 rings (SSSR count). The second kappa shape index (κ2) is 5.22. The number of carbonyl (C=O) groups excluding carboxylic acids is 1. The van der Waals surface area contributed by atoms with Gasteiger partial charge < -0.3 is 4.74 Å². The van der Waals surface area contributed by atoms with Gasteiger partial charge in [-0.1, -0.05) is 41.4 Å². The number of benzene rings is 1. The number of nitrogens with zero attached hydrogens (tertiary/aromatic N) is 2. The first kappa shape index (κ1) is 13.6. The molecule has 0 N–H and O–H groups in total. The quantitative estimate of drug-likeness (QED) is 0.674. The summed E-state index contributed by atoms with van der Waals surface area (Å²) >= 11 is 5.99. The highest BCUT2D eigenvalue weighted by molar-refractivity contribution is 6.30. The van der Waals surface area contributed by atoms with Gasteiger partial charge in [-0.15, -0.1) is 0 Å². The van der Waals surface area contributed by atoms with Crippen LogP contribution in [0, 0.1) is 6.92 Å². The van der Waals surface area contributed by atoms with E-state index in [4.69, 9.17) is 16.3 Å². The van der Waals surface area contributed by atoms with E-state index in [0.29, 0.717) is 22.2 Å². The number of pyridine rings is 1. The molecule has 1 aromatic carbocycles. The van der Waals surface area contributed by atoms with Crippen LogP contribution in [-0.2, 0) is 4.79 Å². The number of aryl methyl sites for hydroxylation is 1. The Hall–Kier alpha value is -2.33. The van der Waals surface area contributed by atoms with Crippen LogP contribution >= 0.6 is 11.6 Å². The Bertz CT molecular complexity index is 822. The van der Waals surface area contributed by atoms with Crippen LogP contribution in [0.3, 0.4) is 0 Å². The minimum Gasteiger partial charge on any atom is -0.407 e. The number of imidazole rings is 1. The summed E-state index contributed by atoms with van der Waals surface area (Å²) in [4.78, 5) is 15.9. The zero-order valence-corrected chi connectivity index (χ0v) is 12.4. The van der Waals surface area contributed by atoms with Gasteiger partial charge in [-0.05, 0) is 13.0 Å². The summed E-state index contributed by atoms with van der Waals surface area (Å²) in [6, 6.07) is 11.3. The van der Waals surface area contributed by atoms with Crippen LogP contribution in [0.15, 0.2) is 42.6 Å². The molecule has 0 aliphatic carbocycles. The standard InChI is InChI=1S/C16H13ClN2O2/c1-10-3-5-12(6-4-10)15-16(21-11(2)20)19-8-7-13(17)9-14(19)18-15/h3-9H,1-2H3. The first-order chi connectivity index (χ1) is 10.0. The van der Waals surface area contributed by atoms with Crippen LogP contribution in [-0.4, -0.2) is 15.4 Å². The van der Waals surface area contributed by atoms with Gasteiger partial charge in [0, 0.05) is 29.8 Å². The van der Waals surface area contributed by atoms with E-state index in [-0.39, 0.29) is 5.97 Å². The third-order valence-corrected chi connectivity index (χ3v) is 3.34. The lowest BCUT2D eigenvalue weighted by molar-refractivity contribution is -0.132. The molecular formula is C16H13ClN2O2. The summed E-state index contributed by atoms with van der Waals surface area (Å²) in [6.07, 6.45) is 1.74. The van der Waals surface area contributed by atoms with Crippen LogP contribution in [0.4, 0.5) is 0 Å². The molecule has 0 bridgehead atoms. The van der Waals surface area contributed by atoms with Gasteiger partial charge in [0.15, 0.2) is 0 Å². The van der Waals surface area contributed by atoms with E-state index < -0.39 is 0 Å². The number of fused-ring (bicyclic) bond motifs is 1. The monoisotopic (exact) mass is 300 g/mol. The van der Waals surface area contributed by atoms with Gasteiger partial charge in [0.2, 0.25) is 5.88 Å². The summed E-state index contributed by atoms with van der Waals surface area (Å²) < 4.78 is 7.05. The molecular weight excluding hydrogens is 288 g/mol. The number of esters is 1. The minimum atomic E-state index is -0.389. The van der Waals surface area contributed by atoms with E-state index in [1.54, 1.807) is 22.7 Å². The van der Waals surface area contributed by atoms with Gasteiger partial charge >= 0.3 is 5.97 Å². The fourth-order valence-corrected chi connectivity index (χ4v) is 2.28. The number of hydrogen-bond acceptors (Lipinski definition) is 3. The Morgan fingerprint density at radius 2 is 1.95 bits per heavy atom. The summed E-state index contributed by atoms with van der Waals surface area (Å²) in [5, 5.41) is 0.581. The third kappa shape index (κ3) is 2.62. The molecule has 0 amide bonds. The first-order valence-electron chi connectivity index (χ1n) is 6.47. The van der Waals surface area contributed by atoms with Crippen molar-refractivity contribution in [3.8, 4) is 17.1 Å². The maximum absolute atomic E-state index is 11.4. The smallest absolute Gasteiger partial charge is 0.309 e. The predicted molar refractivity (Wildman–Crippen MR) is 81.7 cm³/mol. The molecule has 3 aromatic rings. The Morgan fingerprint density at radius 1 is 1.24 bits per heavy atom. The molecule has 0 atom stereocenters. The van der Waals surface area contributed by atoms with Crippen molar-refractivity contribution < 1.29 is 9.53 Å². The summed E-state index contributed by atoms with van der Waals surface area (Å²) in [5.41, 5.74) is 3.29. The van der Waals surface area contributed by atoms with E-state index in [9.17, 15) is 4.79 Å². The van der Waals surface area contributed by atoms with E-state index in [1.807, 2.05) is 31.2 Å². The number of halogens is 1. The van der Waals surface area contributed by atoms with Crippen molar-refractivity contribution in [1.82, 2.24) is 9.38 Å². The highest BCUT2D eigenvalue weighted by atomic mass is 35.5. The van der Waals surface area contributed by atoms with Crippen LogP contribution in [0.5, 0.6) is 5.88 Å². The maximum atomic E-state index is 11.4. The molecule has 0 spiro atoms. The highest BCUT2D eigenvalue weighted by Crippen LogP contribution is 2.31. The van der Waals surface area contributed by atoms with Crippen LogP contribution in [0.1, 0.15) is 12.5 Å². The van der Waals surface area contributed by atoms with Crippen molar-refractivity contribution in [2.45, 2.75) is 13.8 Å². The van der Waals surface area contributed by atoms with Crippen molar-refractivity contribution in [3.63, 3.8) is 0 Å². The Morgan fingerprint density at radius 3 is 2.62 bits per heavy atom. The molecule has 0 fully saturated rings. The first-order valence-corrected chi connectivity index (χ1v) is 6.85. The number of carbonyl (C=O) groups is 1. The molecule has 5 heteroatoms. The molecule has 0 aliphatic rings. The number of ether oxygens (including phenoxy) is 1. The zero-order chi connectivity index (χ0) is 15.0. The highest BCUT2D eigenvalue weighted by Gasteiger charge is 2.17. The SMILES string of the molecule is CC(=O)Oc1c(-c2ccc(C)cc2)nc2cc(Cl)ccn12. The second-order valence-electron chi connectivity index (χ2n) is 4.80. The second-order valence-corrected chi connectivity index (χ2v) is 5.23. The van der Waals surface area contributed by atoms with E-state index in [2.05, 4.69) is 4.98 Å². The fourth-order valence-electron chi connectivity index (χ4n) is 2.13. The average molecular weight is 301 g/mol. The largest absolute Gasteiger partial charge is 0.407 e. The molecule has 106 valence electrons. The topological polar surface area (TPSA) is 43.6 Å². The zero-order valence-electron chi connectivity index (χ0n) is 11.6. The molecule has 21 heavy (non-hydrogen) atoms. The molecule has 4 nitrogen and oxygen atoms in total. The minimum absolute atomic E-state index is 0.389. The van der Waals surface area contributed by atoms with Crippen LogP contribution in [0.25, 0.3) is 16.9 Å². The maximum Gasteiger partial charge on any atom is 0.309 e. The van der Waals surface area contributed by atoms with Gasteiger partial charge in [0.1, 0.15) is 11.3 Å². The molecule has 0 unspecified atom stereocenters. The van der Waals surface area contributed by atoms with E-state index in [1.165, 1.54) is 6.92 Å². The van der Waals surface area contributed by atoms with Gasteiger partial charge in [-0.2, -0.15) is 0 Å². The van der Waals surface area contributed by atoms with Crippen LogP contribution in [0.2, 0.25) is 5.02 Å². The molecule has 0 saturated carbocycles. The molecule has 0 saturated heterocycles. The van der Waals surface area contributed by atoms with Crippen molar-refractivity contribution in [3.05, 3.63) is 53.2 Å². The van der Waals surface area contributed by atoms with Gasteiger partial charge in [0.25, 0.3) is 0 Å². The van der Waals surface area contributed by atoms with Crippen molar-refractivity contribution >= 4 is 23.2 Å². The molecule has 2 heterocycles. The molecule has 0 radical (unpaired) electrons. The Labute approximate surface area is 126 Å². The van der Waals surface area contributed by atoms with Crippen molar-refractivity contribution in [2.24, 2.45) is 0 Å². The van der Waals surface area contributed by atoms with Crippen LogP contribution < -0.4 is 4.74 Å². The molecule has 2 aromatic heterocycles. The van der Waals surface area contributed by atoms with E-state index in [0.717, 1.165) is 11.1 Å². The lowest BCUT2D eigenvalue weighted by Crippen LogP contribution is -2.04. The van der Waals surface area contributed by atoms with Gasteiger partial charge in [-0.3, -0.25) is 9.20 Å². The van der Waals surface area contributed by atoms with Gasteiger partial charge in [0.05, 0.1) is 0 Å². The van der Waals surface area contributed by atoms with Crippen molar-refractivity contribution in [1.29, 1.82) is 0 Å². The lowest BCUT2D eigenvalue weighted by Gasteiger charge is -2.04. The molecule has 0 aliphatic heterocycles. The van der Waals surface area contributed by atoms with Crippen molar-refractivity contribution in [2.75, 3.05) is 0 Å². The van der Waals surface area contributed by atoms with Gasteiger partial charge in [-0.25, -0.2) is 4.98 Å². The fraction of sp³-hybridized carbons (Fsp3) is 0.125. The number of aromatic nitrogens is 2. The number of hydrogen-bond donors (Lipinski definition) is 0. The predicted octanol–water partition coefficient (Wildman–Crippen LogP) is 3.89. The Balaban J connectivity index is 2.24. The summed E-state index contributed by atoms with van der Waals surface area (Å²) in [6.45, 7) is 3.38. The average Bonchev–Trinajstić information content (AvgIpc) is 2.77. The number of rotatable bonds is 2. The normalized spacial score (nSPS) is 10.8. The third-order valence-electron chi connectivity index (χ3n) is 3.11. The lowest BCUT2D eigenvalue weighted by atomic mass is 10.1.